The second kappa shape index (κ2) is 5.84. The smallest absolute Gasteiger partial charge is 0.0586 e. The van der Waals surface area contributed by atoms with Gasteiger partial charge in [-0.25, -0.2) is 0 Å². The summed E-state index contributed by atoms with van der Waals surface area (Å²) in [6.07, 6.45) is 6.37. The number of nitrogens with one attached hydrogen (secondary N) is 1. The van der Waals surface area contributed by atoms with Crippen molar-refractivity contribution in [1.82, 2.24) is 5.32 Å². The monoisotopic (exact) mass is 189 g/mol. The molecule has 12 heavy (non-hydrogen) atoms. The number of thioether (sulfide) groups is 1. The maximum Gasteiger partial charge on any atom is 0.0586 e. The van der Waals surface area contributed by atoms with E-state index in [2.05, 4.69) is 11.6 Å². The van der Waals surface area contributed by atoms with E-state index in [0.29, 0.717) is 12.1 Å². The minimum absolute atomic E-state index is 0.511. The summed E-state index contributed by atoms with van der Waals surface area (Å²) in [6.45, 7) is 1.14. The van der Waals surface area contributed by atoms with E-state index in [-0.39, 0.29) is 0 Å². The minimum atomic E-state index is 0.511. The molecule has 2 unspecified atom stereocenters. The summed E-state index contributed by atoms with van der Waals surface area (Å²) in [7, 11) is 1.81. The molecule has 0 spiro atoms. The van der Waals surface area contributed by atoms with E-state index in [1.165, 1.54) is 25.0 Å². The summed E-state index contributed by atoms with van der Waals surface area (Å²) in [5.74, 6) is 1.22. The van der Waals surface area contributed by atoms with Crippen LogP contribution in [0.2, 0.25) is 0 Å². The highest BCUT2D eigenvalue weighted by Crippen LogP contribution is 2.21. The zero-order valence-corrected chi connectivity index (χ0v) is 8.82. The molecule has 72 valence electrons. The van der Waals surface area contributed by atoms with Crippen molar-refractivity contribution in [3.8, 4) is 0 Å². The summed E-state index contributed by atoms with van der Waals surface area (Å²) in [5.41, 5.74) is 0. The van der Waals surface area contributed by atoms with Gasteiger partial charge in [-0.15, -0.1) is 0 Å². The molecule has 0 bridgehead atoms. The largest absolute Gasteiger partial charge is 0.381 e. The lowest BCUT2D eigenvalue weighted by Gasteiger charge is -2.11. The molecule has 1 saturated carbocycles. The predicted octanol–water partition coefficient (Wildman–Crippen LogP) is 1.51. The standard InChI is InChI=1S/C9H19NOS/c1-11-9-4-3-8(7-9)10-5-6-12-2/h8-10H,3-7H2,1-2H3. The minimum Gasteiger partial charge on any atom is -0.381 e. The van der Waals surface area contributed by atoms with Gasteiger partial charge in [-0.1, -0.05) is 0 Å². The molecule has 1 fully saturated rings. The number of ether oxygens (including phenoxy) is 1. The van der Waals surface area contributed by atoms with Gasteiger partial charge in [0.25, 0.3) is 0 Å². The van der Waals surface area contributed by atoms with E-state index in [9.17, 15) is 0 Å². The van der Waals surface area contributed by atoms with E-state index in [0.717, 1.165) is 6.54 Å². The van der Waals surface area contributed by atoms with Crippen molar-refractivity contribution in [2.75, 3.05) is 25.7 Å². The van der Waals surface area contributed by atoms with Crippen LogP contribution in [0.1, 0.15) is 19.3 Å². The molecule has 2 nitrogen and oxygen atoms in total. The van der Waals surface area contributed by atoms with Gasteiger partial charge in [0.05, 0.1) is 6.10 Å². The van der Waals surface area contributed by atoms with E-state index < -0.39 is 0 Å². The third kappa shape index (κ3) is 3.33. The first-order valence-corrected chi connectivity index (χ1v) is 6.01. The molecule has 1 aliphatic rings. The van der Waals surface area contributed by atoms with Crippen LogP contribution in [-0.2, 0) is 4.74 Å². The molecule has 2 atom stereocenters. The summed E-state index contributed by atoms with van der Waals surface area (Å²) in [6, 6.07) is 0.710. The molecule has 0 heterocycles. The molecule has 0 radical (unpaired) electrons. The second-order valence-corrected chi connectivity index (χ2v) is 4.30. The van der Waals surface area contributed by atoms with Gasteiger partial charge in [0.2, 0.25) is 0 Å². The summed E-state index contributed by atoms with van der Waals surface area (Å²) in [5, 5.41) is 3.55. The second-order valence-electron chi connectivity index (χ2n) is 3.31. The van der Waals surface area contributed by atoms with Crippen LogP contribution in [0.4, 0.5) is 0 Å². The van der Waals surface area contributed by atoms with E-state index in [1.54, 1.807) is 0 Å². The lowest BCUT2D eigenvalue weighted by molar-refractivity contribution is 0.107. The molecule has 1 aliphatic carbocycles. The molecule has 0 aliphatic heterocycles. The van der Waals surface area contributed by atoms with Gasteiger partial charge >= 0.3 is 0 Å². The fourth-order valence-corrected chi connectivity index (χ4v) is 2.03. The zero-order chi connectivity index (χ0) is 8.81. The highest BCUT2D eigenvalue weighted by Gasteiger charge is 2.23. The van der Waals surface area contributed by atoms with Gasteiger partial charge in [0, 0.05) is 25.4 Å². The number of methoxy groups -OCH3 is 1. The van der Waals surface area contributed by atoms with Gasteiger partial charge in [-0.05, 0) is 25.5 Å². The summed E-state index contributed by atoms with van der Waals surface area (Å²) >= 11 is 1.90. The van der Waals surface area contributed by atoms with Crippen LogP contribution in [0.15, 0.2) is 0 Å². The molecule has 0 aromatic rings. The molecule has 0 saturated heterocycles. The predicted molar refractivity (Wildman–Crippen MR) is 54.8 cm³/mol. The fraction of sp³-hybridized carbons (Fsp3) is 1.00. The van der Waals surface area contributed by atoms with Gasteiger partial charge in [0.15, 0.2) is 0 Å². The van der Waals surface area contributed by atoms with Crippen molar-refractivity contribution in [2.45, 2.75) is 31.4 Å². The van der Waals surface area contributed by atoms with Crippen molar-refractivity contribution in [3.05, 3.63) is 0 Å². The quantitative estimate of drug-likeness (QED) is 0.662. The Morgan fingerprint density at radius 2 is 2.33 bits per heavy atom. The summed E-state index contributed by atoms with van der Waals surface area (Å²) < 4.78 is 5.30. The van der Waals surface area contributed by atoms with Crippen molar-refractivity contribution >= 4 is 11.8 Å². The summed E-state index contributed by atoms with van der Waals surface area (Å²) in [4.78, 5) is 0. The molecular formula is C9H19NOS. The molecule has 0 aromatic heterocycles. The van der Waals surface area contributed by atoms with Gasteiger partial charge in [-0.3, -0.25) is 0 Å². The molecule has 0 amide bonds. The maximum absolute atomic E-state index is 5.30. The van der Waals surface area contributed by atoms with Crippen molar-refractivity contribution < 1.29 is 4.74 Å². The number of rotatable bonds is 5. The average molecular weight is 189 g/mol. The first-order valence-electron chi connectivity index (χ1n) is 4.62. The van der Waals surface area contributed by atoms with Gasteiger partial charge in [-0.2, -0.15) is 11.8 Å². The van der Waals surface area contributed by atoms with Crippen LogP contribution in [0, 0.1) is 0 Å². The molecule has 3 heteroatoms. The number of hydrogen-bond acceptors (Lipinski definition) is 3. The van der Waals surface area contributed by atoms with Crippen LogP contribution in [0.25, 0.3) is 0 Å². The Kier molecular flexibility index (Phi) is 5.04. The SMILES string of the molecule is COC1CCC(NCCSC)C1. The Labute approximate surface area is 79.4 Å². The Morgan fingerprint density at radius 1 is 1.50 bits per heavy atom. The first-order chi connectivity index (χ1) is 5.86. The third-order valence-electron chi connectivity index (χ3n) is 2.46. The van der Waals surface area contributed by atoms with E-state index >= 15 is 0 Å². The van der Waals surface area contributed by atoms with E-state index in [4.69, 9.17) is 4.74 Å². The maximum atomic E-state index is 5.30. The van der Waals surface area contributed by atoms with E-state index in [1.807, 2.05) is 18.9 Å². The van der Waals surface area contributed by atoms with Gasteiger partial charge in [0.1, 0.15) is 0 Å². The first kappa shape index (κ1) is 10.4. The molecule has 1 rings (SSSR count). The average Bonchev–Trinajstić information content (AvgIpc) is 2.53. The normalized spacial score (nSPS) is 29.5. The van der Waals surface area contributed by atoms with Crippen LogP contribution in [0.3, 0.4) is 0 Å². The zero-order valence-electron chi connectivity index (χ0n) is 8.01. The van der Waals surface area contributed by atoms with Crippen LogP contribution in [0.5, 0.6) is 0 Å². The van der Waals surface area contributed by atoms with Crippen LogP contribution in [-0.4, -0.2) is 37.8 Å². The lowest BCUT2D eigenvalue weighted by atomic mass is 10.2. The highest BCUT2D eigenvalue weighted by atomic mass is 32.2. The topological polar surface area (TPSA) is 21.3 Å². The van der Waals surface area contributed by atoms with Crippen molar-refractivity contribution in [2.24, 2.45) is 0 Å². The lowest BCUT2D eigenvalue weighted by Crippen LogP contribution is -2.29. The third-order valence-corrected chi connectivity index (χ3v) is 3.07. The Balaban J connectivity index is 2.03. The molecular weight excluding hydrogens is 170 g/mol. The van der Waals surface area contributed by atoms with Gasteiger partial charge < -0.3 is 10.1 Å². The Morgan fingerprint density at radius 3 is 2.92 bits per heavy atom. The molecule has 1 N–H and O–H groups in total. The Hall–Kier alpha value is 0.270. The Bertz CT molecular complexity index is 121. The van der Waals surface area contributed by atoms with Crippen LogP contribution < -0.4 is 5.32 Å². The highest BCUT2D eigenvalue weighted by molar-refractivity contribution is 7.98. The fourth-order valence-electron chi connectivity index (χ4n) is 1.70. The molecule has 0 aromatic carbocycles. The van der Waals surface area contributed by atoms with Crippen LogP contribution >= 0.6 is 11.8 Å². The number of hydrogen-bond donors (Lipinski definition) is 1. The van der Waals surface area contributed by atoms with Crippen molar-refractivity contribution in [1.29, 1.82) is 0 Å². The van der Waals surface area contributed by atoms with Crippen molar-refractivity contribution in [3.63, 3.8) is 0 Å².